The molecule has 0 atom stereocenters. The second-order valence-corrected chi connectivity index (χ2v) is 5.63. The number of rotatable bonds is 6. The first-order valence-corrected chi connectivity index (χ1v) is 7.90. The van der Waals surface area contributed by atoms with Crippen LogP contribution in [0.25, 0.3) is 22.3 Å². The van der Waals surface area contributed by atoms with E-state index in [1.54, 1.807) is 24.3 Å². The van der Waals surface area contributed by atoms with E-state index in [4.69, 9.17) is 14.3 Å². The number of benzene rings is 2. The molecule has 1 heterocycles. The number of aliphatic carboxylic acids is 1. The van der Waals surface area contributed by atoms with Crippen molar-refractivity contribution in [2.24, 2.45) is 0 Å². The third-order valence-corrected chi connectivity index (χ3v) is 3.78. The zero-order valence-electron chi connectivity index (χ0n) is 13.6. The number of aromatic hydroxyl groups is 2. The number of fused-ring (bicyclic) bond motifs is 1. The molecule has 1 aromatic heterocycles. The maximum Gasteiger partial charge on any atom is 0.303 e. The first-order chi connectivity index (χ1) is 12.5. The van der Waals surface area contributed by atoms with Gasteiger partial charge in [0.1, 0.15) is 16.7 Å². The van der Waals surface area contributed by atoms with Crippen LogP contribution in [0.5, 0.6) is 17.2 Å². The van der Waals surface area contributed by atoms with Gasteiger partial charge in [0.2, 0.25) is 5.75 Å². The maximum atomic E-state index is 12.4. The van der Waals surface area contributed by atoms with Crippen LogP contribution >= 0.6 is 0 Å². The minimum absolute atomic E-state index is 0.0212. The summed E-state index contributed by atoms with van der Waals surface area (Å²) in [7, 11) is 0. The molecule has 7 nitrogen and oxygen atoms in total. The van der Waals surface area contributed by atoms with Gasteiger partial charge in [0.05, 0.1) is 6.61 Å². The van der Waals surface area contributed by atoms with E-state index in [2.05, 4.69) is 0 Å². The van der Waals surface area contributed by atoms with E-state index in [1.165, 1.54) is 12.1 Å². The largest absolute Gasteiger partial charge is 0.504 e. The zero-order valence-corrected chi connectivity index (χ0v) is 13.6. The van der Waals surface area contributed by atoms with Gasteiger partial charge in [-0.1, -0.05) is 30.3 Å². The molecule has 134 valence electrons. The molecule has 2 aromatic carbocycles. The molecule has 3 aromatic rings. The molecule has 0 saturated carbocycles. The first kappa shape index (κ1) is 17.3. The lowest BCUT2D eigenvalue weighted by Crippen LogP contribution is -2.04. The highest BCUT2D eigenvalue weighted by atomic mass is 16.5. The molecule has 0 aliphatic rings. The number of hydrogen-bond acceptors (Lipinski definition) is 6. The van der Waals surface area contributed by atoms with Crippen LogP contribution in [0.2, 0.25) is 0 Å². The second kappa shape index (κ2) is 7.18. The lowest BCUT2D eigenvalue weighted by molar-refractivity contribution is -0.137. The average molecular weight is 356 g/mol. The Labute approximate surface area is 147 Å². The summed E-state index contributed by atoms with van der Waals surface area (Å²) in [6.45, 7) is 0.0212. The van der Waals surface area contributed by atoms with Crippen molar-refractivity contribution >= 4 is 16.9 Å². The fourth-order valence-corrected chi connectivity index (χ4v) is 2.53. The molecule has 0 radical (unpaired) electrons. The number of phenolic OH excluding ortho intramolecular Hbond substituents is 2. The van der Waals surface area contributed by atoms with Gasteiger partial charge in [-0.2, -0.15) is 0 Å². The Bertz CT molecular complexity index is 1010. The van der Waals surface area contributed by atoms with Crippen LogP contribution in [0.1, 0.15) is 12.8 Å². The first-order valence-electron chi connectivity index (χ1n) is 7.90. The van der Waals surface area contributed by atoms with Crippen LogP contribution in [0.15, 0.2) is 51.7 Å². The molecule has 0 bridgehead atoms. The molecular weight excluding hydrogens is 340 g/mol. The van der Waals surface area contributed by atoms with Crippen LogP contribution in [0.3, 0.4) is 0 Å². The van der Waals surface area contributed by atoms with Gasteiger partial charge >= 0.3 is 5.97 Å². The summed E-state index contributed by atoms with van der Waals surface area (Å²) in [5.41, 5.74) is 0.234. The van der Waals surface area contributed by atoms with E-state index < -0.39 is 22.9 Å². The van der Waals surface area contributed by atoms with Gasteiger partial charge in [-0.3, -0.25) is 9.59 Å². The zero-order chi connectivity index (χ0) is 18.7. The molecule has 0 fully saturated rings. The predicted octanol–water partition coefficient (Wildman–Crippen LogP) is 3.11. The summed E-state index contributed by atoms with van der Waals surface area (Å²) in [6.07, 6.45) is 0.134. The van der Waals surface area contributed by atoms with Crippen molar-refractivity contribution < 1.29 is 29.3 Å². The molecule has 26 heavy (non-hydrogen) atoms. The topological polar surface area (TPSA) is 117 Å². The molecule has 0 aliphatic heterocycles. The smallest absolute Gasteiger partial charge is 0.303 e. The molecule has 0 unspecified atom stereocenters. The van der Waals surface area contributed by atoms with Crippen molar-refractivity contribution in [3.63, 3.8) is 0 Å². The molecule has 0 spiro atoms. The van der Waals surface area contributed by atoms with E-state index >= 15 is 0 Å². The Balaban J connectivity index is 2.02. The quantitative estimate of drug-likeness (QED) is 0.459. The van der Waals surface area contributed by atoms with E-state index in [-0.39, 0.29) is 36.2 Å². The normalized spacial score (nSPS) is 10.8. The lowest BCUT2D eigenvalue weighted by Gasteiger charge is -2.11. The van der Waals surface area contributed by atoms with Crippen LogP contribution in [-0.4, -0.2) is 27.9 Å². The summed E-state index contributed by atoms with van der Waals surface area (Å²) in [4.78, 5) is 22.9. The summed E-state index contributed by atoms with van der Waals surface area (Å²) in [6, 6.07) is 11.5. The Morgan fingerprint density at radius 3 is 2.50 bits per heavy atom. The van der Waals surface area contributed by atoms with E-state index in [0.29, 0.717) is 11.3 Å². The van der Waals surface area contributed by atoms with Crippen LogP contribution in [0, 0.1) is 0 Å². The number of carboxylic acid groups (broad SMARTS) is 1. The van der Waals surface area contributed by atoms with Crippen LogP contribution in [0.4, 0.5) is 0 Å². The summed E-state index contributed by atoms with van der Waals surface area (Å²) in [5, 5.41) is 28.7. The minimum Gasteiger partial charge on any atom is -0.504 e. The summed E-state index contributed by atoms with van der Waals surface area (Å²) >= 11 is 0. The van der Waals surface area contributed by atoms with Crippen LogP contribution in [-0.2, 0) is 4.79 Å². The summed E-state index contributed by atoms with van der Waals surface area (Å²) < 4.78 is 11.0. The number of carboxylic acids is 1. The van der Waals surface area contributed by atoms with Gasteiger partial charge in [0, 0.05) is 24.1 Å². The van der Waals surface area contributed by atoms with Gasteiger partial charge < -0.3 is 24.5 Å². The Kier molecular flexibility index (Phi) is 4.79. The Morgan fingerprint density at radius 2 is 1.81 bits per heavy atom. The predicted molar refractivity (Wildman–Crippen MR) is 93.6 cm³/mol. The molecule has 0 saturated heterocycles. The molecule has 0 aliphatic carbocycles. The average Bonchev–Trinajstić information content (AvgIpc) is 2.62. The number of hydrogen-bond donors (Lipinski definition) is 3. The lowest BCUT2D eigenvalue weighted by atomic mass is 10.1. The van der Waals surface area contributed by atoms with Crippen molar-refractivity contribution in [2.45, 2.75) is 12.8 Å². The highest BCUT2D eigenvalue weighted by Gasteiger charge is 2.18. The highest BCUT2D eigenvalue weighted by Crippen LogP contribution is 2.41. The maximum absolute atomic E-state index is 12.4. The Morgan fingerprint density at radius 1 is 1.08 bits per heavy atom. The molecule has 0 amide bonds. The number of ether oxygens (including phenoxy) is 1. The Hall–Kier alpha value is -3.48. The standard InChI is InChI=1S/C19H16O7/c20-12-9-13(11-5-2-1-3-6-11)26-14-10-15(18(23)19(24)17(12)14)25-8-4-7-16(21)22/h1-3,5-6,9-10,23-24H,4,7-8H2,(H,21,22). The third kappa shape index (κ3) is 3.46. The highest BCUT2D eigenvalue weighted by molar-refractivity contribution is 5.89. The molecular formula is C19H16O7. The van der Waals surface area contributed by atoms with Gasteiger partial charge in [0.15, 0.2) is 16.9 Å². The SMILES string of the molecule is O=C(O)CCCOc1cc2oc(-c3ccccc3)cc(=O)c2c(O)c1O. The van der Waals surface area contributed by atoms with E-state index in [9.17, 15) is 19.8 Å². The molecule has 3 N–H and O–H groups in total. The van der Waals surface area contributed by atoms with Gasteiger partial charge in [-0.15, -0.1) is 0 Å². The van der Waals surface area contributed by atoms with Crippen molar-refractivity contribution in [3.05, 3.63) is 52.7 Å². The van der Waals surface area contributed by atoms with E-state index in [0.717, 1.165) is 0 Å². The van der Waals surface area contributed by atoms with Gasteiger partial charge in [0.25, 0.3) is 0 Å². The van der Waals surface area contributed by atoms with Crippen molar-refractivity contribution in [1.29, 1.82) is 0 Å². The number of carbonyl (C=O) groups is 1. The fourth-order valence-electron chi connectivity index (χ4n) is 2.53. The van der Waals surface area contributed by atoms with Crippen LogP contribution < -0.4 is 10.2 Å². The van der Waals surface area contributed by atoms with E-state index in [1.807, 2.05) is 6.07 Å². The monoisotopic (exact) mass is 356 g/mol. The van der Waals surface area contributed by atoms with Gasteiger partial charge in [-0.05, 0) is 6.42 Å². The second-order valence-electron chi connectivity index (χ2n) is 5.63. The molecule has 3 rings (SSSR count). The summed E-state index contributed by atoms with van der Waals surface area (Å²) in [5.74, 6) is -1.96. The van der Waals surface area contributed by atoms with Crippen molar-refractivity contribution in [2.75, 3.05) is 6.61 Å². The van der Waals surface area contributed by atoms with Crippen molar-refractivity contribution in [1.82, 2.24) is 0 Å². The minimum atomic E-state index is -0.960. The molecule has 7 heteroatoms. The number of phenols is 2. The third-order valence-electron chi connectivity index (χ3n) is 3.78. The van der Waals surface area contributed by atoms with Crippen molar-refractivity contribution in [3.8, 4) is 28.6 Å². The fraction of sp³-hybridized carbons (Fsp3) is 0.158. The van der Waals surface area contributed by atoms with Gasteiger partial charge in [-0.25, -0.2) is 0 Å².